The van der Waals surface area contributed by atoms with Crippen molar-refractivity contribution in [2.45, 2.75) is 17.9 Å². The number of carbonyl (C=O) groups is 1. The second-order valence-electron chi connectivity index (χ2n) is 4.53. The molecule has 1 atom stereocenters. The number of sulfonamides is 1. The molecule has 0 aliphatic carbocycles. The van der Waals surface area contributed by atoms with Crippen LogP contribution in [0.4, 0.5) is 0 Å². The Balaban J connectivity index is 2.41. The highest BCUT2D eigenvalue weighted by atomic mass is 35.5. The smallest absolute Gasteiger partial charge is 0.325 e. The van der Waals surface area contributed by atoms with Crippen LogP contribution in [0.15, 0.2) is 23.1 Å². The summed E-state index contributed by atoms with van der Waals surface area (Å²) in [6.07, 6.45) is 0. The van der Waals surface area contributed by atoms with Crippen LogP contribution in [0, 0.1) is 0 Å². The van der Waals surface area contributed by atoms with Crippen LogP contribution in [0.25, 0.3) is 0 Å². The summed E-state index contributed by atoms with van der Waals surface area (Å²) >= 11 is 13.4. The summed E-state index contributed by atoms with van der Waals surface area (Å²) in [6, 6.07) is 3.38. The Morgan fingerprint density at radius 1 is 1.45 bits per heavy atom. The number of halogens is 2. The number of benzene rings is 1. The van der Waals surface area contributed by atoms with E-state index in [2.05, 4.69) is 0 Å². The number of rotatable bonds is 4. The first-order valence-electron chi connectivity index (χ1n) is 6.59. The minimum Gasteiger partial charge on any atom is -0.465 e. The van der Waals surface area contributed by atoms with Gasteiger partial charge in [-0.3, -0.25) is 4.79 Å². The molecule has 1 heterocycles. The van der Waals surface area contributed by atoms with Crippen LogP contribution >= 0.6 is 35.0 Å². The fourth-order valence-electron chi connectivity index (χ4n) is 2.10. The quantitative estimate of drug-likeness (QED) is 0.747. The van der Waals surface area contributed by atoms with Crippen LogP contribution in [0.2, 0.25) is 10.0 Å². The fourth-order valence-corrected chi connectivity index (χ4v) is 5.66. The molecule has 122 valence electrons. The second-order valence-corrected chi connectivity index (χ2v) is 8.39. The van der Waals surface area contributed by atoms with Crippen molar-refractivity contribution >= 4 is 51.0 Å². The van der Waals surface area contributed by atoms with Gasteiger partial charge in [-0.05, 0) is 25.1 Å². The Labute approximate surface area is 144 Å². The molecule has 0 unspecified atom stereocenters. The molecule has 0 bridgehead atoms. The molecule has 1 fully saturated rings. The van der Waals surface area contributed by atoms with E-state index < -0.39 is 22.0 Å². The highest BCUT2D eigenvalue weighted by Gasteiger charge is 2.39. The highest BCUT2D eigenvalue weighted by Crippen LogP contribution is 2.31. The first-order chi connectivity index (χ1) is 10.4. The van der Waals surface area contributed by atoms with Crippen molar-refractivity contribution in [3.05, 3.63) is 28.2 Å². The van der Waals surface area contributed by atoms with Crippen molar-refractivity contribution in [1.82, 2.24) is 4.31 Å². The van der Waals surface area contributed by atoms with E-state index >= 15 is 0 Å². The minimum absolute atomic E-state index is 0.0743. The lowest BCUT2D eigenvalue weighted by atomic mass is 10.3. The largest absolute Gasteiger partial charge is 0.465 e. The molecule has 0 spiro atoms. The molecule has 0 N–H and O–H groups in total. The topological polar surface area (TPSA) is 63.7 Å². The molecular weight excluding hydrogens is 369 g/mol. The lowest BCUT2D eigenvalue weighted by Gasteiger charge is -2.32. The third kappa shape index (κ3) is 3.71. The highest BCUT2D eigenvalue weighted by molar-refractivity contribution is 7.99. The zero-order valence-electron chi connectivity index (χ0n) is 11.8. The third-order valence-electron chi connectivity index (χ3n) is 3.12. The molecule has 9 heteroatoms. The number of hydrogen-bond donors (Lipinski definition) is 0. The molecule has 1 aliphatic rings. The van der Waals surface area contributed by atoms with E-state index in [9.17, 15) is 13.2 Å². The maximum absolute atomic E-state index is 12.8. The monoisotopic (exact) mass is 383 g/mol. The average Bonchev–Trinajstić information content (AvgIpc) is 2.50. The van der Waals surface area contributed by atoms with Gasteiger partial charge in [-0.15, -0.1) is 0 Å². The van der Waals surface area contributed by atoms with Crippen molar-refractivity contribution in [2.24, 2.45) is 0 Å². The number of carbonyl (C=O) groups excluding carboxylic acids is 1. The number of hydrogen-bond acceptors (Lipinski definition) is 5. The summed E-state index contributed by atoms with van der Waals surface area (Å²) in [4.78, 5) is 11.9. The Kier molecular flexibility index (Phi) is 6.01. The minimum atomic E-state index is -3.92. The maximum Gasteiger partial charge on any atom is 0.325 e. The van der Waals surface area contributed by atoms with E-state index in [1.807, 2.05) is 0 Å². The summed E-state index contributed by atoms with van der Waals surface area (Å²) in [5.74, 6) is 0.417. The normalized spacial score (nSPS) is 19.9. The van der Waals surface area contributed by atoms with Crippen molar-refractivity contribution < 1.29 is 17.9 Å². The van der Waals surface area contributed by atoms with Gasteiger partial charge in [0.2, 0.25) is 10.0 Å². The van der Waals surface area contributed by atoms with Gasteiger partial charge < -0.3 is 4.74 Å². The lowest BCUT2D eigenvalue weighted by Crippen LogP contribution is -2.50. The predicted octanol–water partition coefficient (Wildman–Crippen LogP) is 2.66. The van der Waals surface area contributed by atoms with E-state index in [1.165, 1.54) is 30.0 Å². The Morgan fingerprint density at radius 2 is 2.18 bits per heavy atom. The van der Waals surface area contributed by atoms with Crippen LogP contribution in [0.1, 0.15) is 6.92 Å². The van der Waals surface area contributed by atoms with E-state index in [0.717, 1.165) is 4.31 Å². The Bertz CT molecular complexity index is 666. The summed E-state index contributed by atoms with van der Waals surface area (Å²) in [6.45, 7) is 2.10. The van der Waals surface area contributed by atoms with Crippen molar-refractivity contribution in [3.63, 3.8) is 0 Å². The second kappa shape index (κ2) is 7.40. The van der Waals surface area contributed by atoms with Crippen LogP contribution in [0.3, 0.4) is 0 Å². The molecule has 0 aromatic heterocycles. The van der Waals surface area contributed by atoms with Crippen molar-refractivity contribution in [2.75, 3.05) is 24.7 Å². The fraction of sp³-hybridized carbons (Fsp3) is 0.462. The van der Waals surface area contributed by atoms with Crippen LogP contribution in [0.5, 0.6) is 0 Å². The molecule has 1 saturated heterocycles. The number of thioether (sulfide) groups is 1. The van der Waals surface area contributed by atoms with Crippen molar-refractivity contribution in [3.8, 4) is 0 Å². The van der Waals surface area contributed by atoms with Gasteiger partial charge in [-0.2, -0.15) is 16.1 Å². The standard InChI is InChI=1S/C13H15Cl2NO4S2/c1-2-20-13(17)11-8-21-6-5-16(11)22(18,19)12-7-9(14)3-4-10(12)15/h3-4,7,11H,2,5-6,8H2,1H3/t11-/m0/s1. The number of ether oxygens (including phenoxy) is 1. The van der Waals surface area contributed by atoms with Gasteiger partial charge in [-0.25, -0.2) is 8.42 Å². The van der Waals surface area contributed by atoms with E-state index in [-0.39, 0.29) is 28.1 Å². The number of nitrogens with zero attached hydrogens (tertiary/aromatic N) is 1. The molecule has 1 aromatic rings. The van der Waals surface area contributed by atoms with Gasteiger partial charge in [0, 0.05) is 23.1 Å². The summed E-state index contributed by atoms with van der Waals surface area (Å²) in [5, 5.41) is 0.340. The zero-order chi connectivity index (χ0) is 16.3. The van der Waals surface area contributed by atoms with Gasteiger partial charge in [-0.1, -0.05) is 23.2 Å². The summed E-state index contributed by atoms with van der Waals surface area (Å²) in [7, 11) is -3.92. The van der Waals surface area contributed by atoms with Gasteiger partial charge >= 0.3 is 5.97 Å². The molecule has 2 rings (SSSR count). The Morgan fingerprint density at radius 3 is 2.86 bits per heavy atom. The van der Waals surface area contributed by atoms with E-state index in [4.69, 9.17) is 27.9 Å². The molecule has 0 saturated carbocycles. The van der Waals surface area contributed by atoms with E-state index in [1.54, 1.807) is 6.92 Å². The Hall–Kier alpha value is -0.470. The molecule has 22 heavy (non-hydrogen) atoms. The molecule has 1 aliphatic heterocycles. The van der Waals surface area contributed by atoms with Crippen LogP contribution in [-0.2, 0) is 19.6 Å². The third-order valence-corrected chi connectivity index (χ3v) is 6.77. The first-order valence-corrected chi connectivity index (χ1v) is 9.94. The molecule has 5 nitrogen and oxygen atoms in total. The first kappa shape index (κ1) is 17.9. The van der Waals surface area contributed by atoms with E-state index in [0.29, 0.717) is 11.5 Å². The summed E-state index contributed by atoms with van der Waals surface area (Å²) in [5.41, 5.74) is 0. The molecule has 1 aromatic carbocycles. The van der Waals surface area contributed by atoms with Crippen LogP contribution in [-0.4, -0.2) is 49.4 Å². The summed E-state index contributed by atoms with van der Waals surface area (Å²) < 4.78 is 31.8. The lowest BCUT2D eigenvalue weighted by molar-refractivity contribution is -0.146. The maximum atomic E-state index is 12.8. The van der Waals surface area contributed by atoms with Crippen LogP contribution < -0.4 is 0 Å². The SMILES string of the molecule is CCOC(=O)[C@@H]1CSCCN1S(=O)(=O)c1cc(Cl)ccc1Cl. The molecular formula is C13H15Cl2NO4S2. The zero-order valence-corrected chi connectivity index (χ0v) is 14.9. The predicted molar refractivity (Wildman–Crippen MR) is 88.1 cm³/mol. The van der Waals surface area contributed by atoms with Gasteiger partial charge in [0.15, 0.2) is 0 Å². The van der Waals surface area contributed by atoms with Gasteiger partial charge in [0.25, 0.3) is 0 Å². The number of esters is 1. The average molecular weight is 384 g/mol. The molecule has 0 amide bonds. The van der Waals surface area contributed by atoms with Crippen molar-refractivity contribution in [1.29, 1.82) is 0 Å². The molecule has 0 radical (unpaired) electrons. The van der Waals surface area contributed by atoms with Gasteiger partial charge in [0.05, 0.1) is 11.6 Å². The van der Waals surface area contributed by atoms with Gasteiger partial charge in [0.1, 0.15) is 10.9 Å².